The Labute approximate surface area is 164 Å². The van der Waals surface area contributed by atoms with Gasteiger partial charge in [-0.25, -0.2) is 4.98 Å². The van der Waals surface area contributed by atoms with Crippen LogP contribution in [0.4, 0.5) is 0 Å². The van der Waals surface area contributed by atoms with Gasteiger partial charge >= 0.3 is 0 Å². The fourth-order valence-corrected chi connectivity index (χ4v) is 2.98. The van der Waals surface area contributed by atoms with E-state index in [1.165, 1.54) is 0 Å². The molecule has 2 aromatic rings. The molecule has 0 saturated carbocycles. The molecule has 1 aromatic heterocycles. The maximum Gasteiger partial charge on any atom is 0.251 e. The van der Waals surface area contributed by atoms with Crippen molar-refractivity contribution >= 4 is 5.91 Å². The summed E-state index contributed by atoms with van der Waals surface area (Å²) >= 11 is 0. The van der Waals surface area contributed by atoms with Crippen LogP contribution in [0.3, 0.4) is 0 Å². The van der Waals surface area contributed by atoms with Crippen LogP contribution in [0, 0.1) is 22.7 Å². The fraction of sp³-hybridized carbons (Fsp3) is 0.333. The zero-order chi connectivity index (χ0) is 19.8. The summed E-state index contributed by atoms with van der Waals surface area (Å²) in [6.45, 7) is 1.82. The van der Waals surface area contributed by atoms with Gasteiger partial charge in [0.05, 0.1) is 6.07 Å². The molecule has 28 heavy (non-hydrogen) atoms. The molecule has 1 aliphatic heterocycles. The summed E-state index contributed by atoms with van der Waals surface area (Å²) < 4.78 is 5.53. The van der Waals surface area contributed by atoms with E-state index in [0.29, 0.717) is 25.3 Å². The monoisotopic (exact) mass is 375 g/mol. The summed E-state index contributed by atoms with van der Waals surface area (Å²) in [5.74, 6) is -0.263. The number of ether oxygens (including phenoxy) is 1. The van der Waals surface area contributed by atoms with Gasteiger partial charge in [0.25, 0.3) is 5.91 Å². The first-order chi connectivity index (χ1) is 13.7. The van der Waals surface area contributed by atoms with Gasteiger partial charge in [-0.1, -0.05) is 24.3 Å². The number of nitriles is 2. The van der Waals surface area contributed by atoms with Crippen molar-refractivity contribution < 1.29 is 9.53 Å². The number of hydrogen-bond donors (Lipinski definition) is 2. The minimum absolute atomic E-state index is 0.263. The second kappa shape index (κ2) is 9.61. The molecule has 1 unspecified atom stereocenters. The van der Waals surface area contributed by atoms with E-state index in [2.05, 4.69) is 21.7 Å². The number of rotatable bonds is 5. The van der Waals surface area contributed by atoms with Crippen molar-refractivity contribution in [2.24, 2.45) is 0 Å². The van der Waals surface area contributed by atoms with Crippen molar-refractivity contribution in [3.8, 4) is 23.3 Å². The van der Waals surface area contributed by atoms with Crippen LogP contribution >= 0.6 is 0 Å². The van der Waals surface area contributed by atoms with Gasteiger partial charge in [-0.15, -0.1) is 0 Å². The van der Waals surface area contributed by atoms with Crippen LogP contribution in [0.2, 0.25) is 0 Å². The standard InChI is InChI=1S/C21H21N5O2/c22-11-18-7-6-17(13-25-18)16-4-2-15(3-5-16)10-19(12-23)26-21(27)20-14-24-8-1-9-28-20/h2-7,13,19-20,24H,1,8-10,14H2,(H,26,27)/t19?,20-/m0/s1. The Morgan fingerprint density at radius 2 is 2.04 bits per heavy atom. The summed E-state index contributed by atoms with van der Waals surface area (Å²) in [5.41, 5.74) is 3.20. The lowest BCUT2D eigenvalue weighted by atomic mass is 10.0. The minimum Gasteiger partial charge on any atom is -0.367 e. The Hall–Kier alpha value is -3.26. The molecule has 0 aliphatic carbocycles. The van der Waals surface area contributed by atoms with Crippen molar-refractivity contribution in [3.63, 3.8) is 0 Å². The summed E-state index contributed by atoms with van der Waals surface area (Å²) in [7, 11) is 0. The van der Waals surface area contributed by atoms with Crippen LogP contribution in [0.25, 0.3) is 11.1 Å². The number of nitrogens with zero attached hydrogens (tertiary/aromatic N) is 3. The van der Waals surface area contributed by atoms with Gasteiger partial charge in [0.2, 0.25) is 0 Å². The number of carbonyl (C=O) groups excluding carboxylic acids is 1. The summed E-state index contributed by atoms with van der Waals surface area (Å²) in [5, 5.41) is 24.2. The number of nitrogens with one attached hydrogen (secondary N) is 2. The van der Waals surface area contributed by atoms with Crippen molar-refractivity contribution in [3.05, 3.63) is 53.9 Å². The third-order valence-corrected chi connectivity index (χ3v) is 4.52. The highest BCUT2D eigenvalue weighted by molar-refractivity contribution is 5.81. The Kier molecular flexibility index (Phi) is 6.69. The molecule has 0 bridgehead atoms. The molecule has 1 saturated heterocycles. The predicted octanol–water partition coefficient (Wildman–Crippen LogP) is 1.55. The third-order valence-electron chi connectivity index (χ3n) is 4.52. The summed E-state index contributed by atoms with van der Waals surface area (Å²) in [6.07, 6.45) is 2.37. The molecule has 7 heteroatoms. The Balaban J connectivity index is 1.60. The van der Waals surface area contributed by atoms with Gasteiger partial charge in [0.15, 0.2) is 0 Å². The number of benzene rings is 1. The zero-order valence-corrected chi connectivity index (χ0v) is 15.4. The molecule has 2 heterocycles. The predicted molar refractivity (Wildman–Crippen MR) is 103 cm³/mol. The van der Waals surface area contributed by atoms with Crippen molar-refractivity contribution in [1.82, 2.24) is 15.6 Å². The molecule has 1 fully saturated rings. The molecule has 142 valence electrons. The van der Waals surface area contributed by atoms with E-state index in [1.807, 2.05) is 36.4 Å². The van der Waals surface area contributed by atoms with E-state index in [4.69, 9.17) is 10.00 Å². The van der Waals surface area contributed by atoms with Crippen molar-refractivity contribution in [2.45, 2.75) is 25.0 Å². The lowest BCUT2D eigenvalue weighted by molar-refractivity contribution is -0.132. The van der Waals surface area contributed by atoms with Crippen LogP contribution in [0.5, 0.6) is 0 Å². The molecule has 1 aromatic carbocycles. The molecule has 7 nitrogen and oxygen atoms in total. The second-order valence-corrected chi connectivity index (χ2v) is 6.55. The minimum atomic E-state index is -0.623. The zero-order valence-electron chi connectivity index (χ0n) is 15.4. The van der Waals surface area contributed by atoms with Gasteiger partial charge in [-0.05, 0) is 36.2 Å². The van der Waals surface area contributed by atoms with Crippen LogP contribution in [0.1, 0.15) is 17.7 Å². The third kappa shape index (κ3) is 5.14. The second-order valence-electron chi connectivity index (χ2n) is 6.55. The topological polar surface area (TPSA) is 111 Å². The summed E-state index contributed by atoms with van der Waals surface area (Å²) in [6, 6.07) is 14.8. The SMILES string of the molecule is N#Cc1ccc(-c2ccc(CC(C#N)NC(=O)[C@@H]3CNCCCO3)cc2)cn1. The molecule has 1 aliphatic rings. The molecule has 2 atom stereocenters. The van der Waals surface area contributed by atoms with Gasteiger partial charge in [-0.2, -0.15) is 10.5 Å². The normalized spacial score (nSPS) is 17.6. The maximum absolute atomic E-state index is 12.3. The number of carbonyl (C=O) groups is 1. The van der Waals surface area contributed by atoms with E-state index in [1.54, 1.807) is 12.3 Å². The average molecular weight is 375 g/mol. The van der Waals surface area contributed by atoms with Gasteiger partial charge < -0.3 is 15.4 Å². The lowest BCUT2D eigenvalue weighted by Gasteiger charge is -2.18. The molecular formula is C21H21N5O2. The van der Waals surface area contributed by atoms with E-state index >= 15 is 0 Å². The molecule has 0 radical (unpaired) electrons. The van der Waals surface area contributed by atoms with E-state index < -0.39 is 12.1 Å². The van der Waals surface area contributed by atoms with E-state index in [9.17, 15) is 10.1 Å². The van der Waals surface area contributed by atoms with Crippen molar-refractivity contribution in [1.29, 1.82) is 10.5 Å². The van der Waals surface area contributed by atoms with Crippen LogP contribution in [-0.4, -0.2) is 42.7 Å². The molecule has 1 amide bonds. The highest BCUT2D eigenvalue weighted by Crippen LogP contribution is 2.19. The van der Waals surface area contributed by atoms with Gasteiger partial charge in [-0.3, -0.25) is 4.79 Å². The maximum atomic E-state index is 12.3. The molecule has 2 N–H and O–H groups in total. The van der Waals surface area contributed by atoms with Crippen LogP contribution < -0.4 is 10.6 Å². The molecule has 0 spiro atoms. The highest BCUT2D eigenvalue weighted by atomic mass is 16.5. The Morgan fingerprint density at radius 3 is 2.71 bits per heavy atom. The number of aromatic nitrogens is 1. The van der Waals surface area contributed by atoms with Crippen LogP contribution in [0.15, 0.2) is 42.6 Å². The Bertz CT molecular complexity index is 873. The first-order valence-corrected chi connectivity index (χ1v) is 9.17. The largest absolute Gasteiger partial charge is 0.367 e. The fourth-order valence-electron chi connectivity index (χ4n) is 2.98. The summed E-state index contributed by atoms with van der Waals surface area (Å²) in [4.78, 5) is 16.4. The number of hydrogen-bond acceptors (Lipinski definition) is 6. The lowest BCUT2D eigenvalue weighted by Crippen LogP contribution is -2.46. The smallest absolute Gasteiger partial charge is 0.251 e. The number of pyridine rings is 1. The number of amides is 1. The molecule has 3 rings (SSSR count). The quantitative estimate of drug-likeness (QED) is 0.820. The highest BCUT2D eigenvalue weighted by Gasteiger charge is 2.23. The van der Waals surface area contributed by atoms with Gasteiger partial charge in [0, 0.05) is 31.3 Å². The first kappa shape index (κ1) is 19.5. The average Bonchev–Trinajstić information content (AvgIpc) is 3.03. The van der Waals surface area contributed by atoms with Crippen molar-refractivity contribution in [2.75, 3.05) is 19.7 Å². The van der Waals surface area contributed by atoms with E-state index in [-0.39, 0.29) is 5.91 Å². The molecular weight excluding hydrogens is 354 g/mol. The van der Waals surface area contributed by atoms with E-state index in [0.717, 1.165) is 29.7 Å². The van der Waals surface area contributed by atoms with Crippen LogP contribution in [-0.2, 0) is 16.0 Å². The Morgan fingerprint density at radius 1 is 1.25 bits per heavy atom. The first-order valence-electron chi connectivity index (χ1n) is 9.17. The van der Waals surface area contributed by atoms with Gasteiger partial charge in [0.1, 0.15) is 23.9 Å².